The van der Waals surface area contributed by atoms with Crippen LogP contribution in [0.4, 0.5) is 0 Å². The maximum atomic E-state index is 4.25. The molecule has 0 aromatic rings. The number of nitrogens with one attached hydrogen (secondary N) is 1. The smallest absolute Gasteiger partial charge is 0.140 e. The molecule has 0 amide bonds. The van der Waals surface area contributed by atoms with Gasteiger partial charge in [0, 0.05) is 6.21 Å². The lowest BCUT2D eigenvalue weighted by atomic mass is 10.2. The van der Waals surface area contributed by atoms with Crippen LogP contribution in [0.15, 0.2) is 9.98 Å². The molecule has 0 radical (unpaired) electrons. The van der Waals surface area contributed by atoms with Gasteiger partial charge in [0.1, 0.15) is 5.84 Å². The van der Waals surface area contributed by atoms with Gasteiger partial charge >= 0.3 is 0 Å². The summed E-state index contributed by atoms with van der Waals surface area (Å²) in [7, 11) is 0. The molecular formula is C7H11N3. The molecule has 54 valence electrons. The maximum absolute atomic E-state index is 4.25. The first-order chi connectivity index (χ1) is 4.97. The van der Waals surface area contributed by atoms with E-state index in [1.165, 1.54) is 12.8 Å². The second-order valence-electron chi connectivity index (χ2n) is 2.66. The van der Waals surface area contributed by atoms with E-state index < -0.39 is 0 Å². The Labute approximate surface area is 60.3 Å². The van der Waals surface area contributed by atoms with Crippen LogP contribution >= 0.6 is 0 Å². The highest BCUT2D eigenvalue weighted by atomic mass is 15.1. The van der Waals surface area contributed by atoms with Crippen molar-refractivity contribution in [2.75, 3.05) is 13.1 Å². The van der Waals surface area contributed by atoms with E-state index >= 15 is 0 Å². The van der Waals surface area contributed by atoms with E-state index in [0.717, 1.165) is 18.9 Å². The SMILES string of the molecule is C1=NC([C@@H]2CCCN2)=NC1. The number of rotatable bonds is 1. The van der Waals surface area contributed by atoms with E-state index in [-0.39, 0.29) is 0 Å². The van der Waals surface area contributed by atoms with Crippen molar-refractivity contribution in [3.05, 3.63) is 0 Å². The van der Waals surface area contributed by atoms with Crippen molar-refractivity contribution < 1.29 is 0 Å². The summed E-state index contributed by atoms with van der Waals surface area (Å²) >= 11 is 0. The minimum atomic E-state index is 0.457. The second kappa shape index (κ2) is 2.50. The minimum absolute atomic E-state index is 0.457. The fourth-order valence-electron chi connectivity index (χ4n) is 1.41. The van der Waals surface area contributed by atoms with Gasteiger partial charge in [0.25, 0.3) is 0 Å². The fourth-order valence-corrected chi connectivity index (χ4v) is 1.41. The molecule has 2 aliphatic rings. The highest BCUT2D eigenvalue weighted by Crippen LogP contribution is 2.08. The third kappa shape index (κ3) is 0.968. The largest absolute Gasteiger partial charge is 0.307 e. The zero-order valence-corrected chi connectivity index (χ0v) is 5.88. The Hall–Kier alpha value is -0.700. The summed E-state index contributed by atoms with van der Waals surface area (Å²) in [6, 6.07) is 0.457. The number of amidine groups is 1. The molecule has 2 heterocycles. The summed E-state index contributed by atoms with van der Waals surface area (Å²) in [5, 5.41) is 3.35. The van der Waals surface area contributed by atoms with Crippen LogP contribution in [-0.4, -0.2) is 31.2 Å². The lowest BCUT2D eigenvalue weighted by Crippen LogP contribution is -2.28. The third-order valence-corrected chi connectivity index (χ3v) is 1.93. The molecule has 0 bridgehead atoms. The Balaban J connectivity index is 2.03. The monoisotopic (exact) mass is 137 g/mol. The van der Waals surface area contributed by atoms with Crippen LogP contribution in [-0.2, 0) is 0 Å². The van der Waals surface area contributed by atoms with E-state index in [1.807, 2.05) is 6.21 Å². The Bertz CT molecular complexity index is 177. The van der Waals surface area contributed by atoms with Gasteiger partial charge in [-0.15, -0.1) is 0 Å². The molecule has 0 saturated carbocycles. The summed E-state index contributed by atoms with van der Waals surface area (Å²) in [5.41, 5.74) is 0. The molecule has 1 saturated heterocycles. The molecule has 10 heavy (non-hydrogen) atoms. The second-order valence-corrected chi connectivity index (χ2v) is 2.66. The van der Waals surface area contributed by atoms with Crippen LogP contribution in [0.25, 0.3) is 0 Å². The standard InChI is InChI=1S/C7H11N3/c1-2-6(8-3-1)7-9-4-5-10-7/h4,6,8H,1-3,5H2/t6-/m0/s1. The van der Waals surface area contributed by atoms with Crippen molar-refractivity contribution in [1.82, 2.24) is 5.32 Å². The Morgan fingerprint density at radius 1 is 1.60 bits per heavy atom. The van der Waals surface area contributed by atoms with Crippen molar-refractivity contribution in [2.45, 2.75) is 18.9 Å². The molecule has 0 unspecified atom stereocenters. The van der Waals surface area contributed by atoms with Gasteiger partial charge in [-0.2, -0.15) is 0 Å². The molecule has 3 heteroatoms. The highest BCUT2D eigenvalue weighted by Gasteiger charge is 2.20. The van der Waals surface area contributed by atoms with Gasteiger partial charge in [-0.25, -0.2) is 4.99 Å². The Kier molecular flexibility index (Phi) is 1.51. The van der Waals surface area contributed by atoms with Crippen molar-refractivity contribution in [3.8, 4) is 0 Å². The molecule has 0 aromatic carbocycles. The van der Waals surface area contributed by atoms with Crippen molar-refractivity contribution in [1.29, 1.82) is 0 Å². The van der Waals surface area contributed by atoms with Gasteiger partial charge in [0.05, 0.1) is 12.6 Å². The quantitative estimate of drug-likeness (QED) is 0.551. The van der Waals surface area contributed by atoms with Gasteiger partial charge in [-0.3, -0.25) is 4.99 Å². The van der Waals surface area contributed by atoms with E-state index in [1.54, 1.807) is 0 Å². The minimum Gasteiger partial charge on any atom is -0.307 e. The lowest BCUT2D eigenvalue weighted by Gasteiger charge is -2.05. The van der Waals surface area contributed by atoms with Crippen LogP contribution < -0.4 is 5.32 Å². The average Bonchev–Trinajstić information content (AvgIpc) is 2.59. The van der Waals surface area contributed by atoms with Crippen molar-refractivity contribution in [2.24, 2.45) is 9.98 Å². The molecule has 1 fully saturated rings. The fraction of sp³-hybridized carbons (Fsp3) is 0.714. The molecule has 1 atom stereocenters. The van der Waals surface area contributed by atoms with Gasteiger partial charge in [-0.1, -0.05) is 0 Å². The first kappa shape index (κ1) is 6.04. The summed E-state index contributed by atoms with van der Waals surface area (Å²) in [6.07, 6.45) is 4.34. The first-order valence-electron chi connectivity index (χ1n) is 3.77. The summed E-state index contributed by atoms with van der Waals surface area (Å²) in [5.74, 6) is 1.01. The zero-order chi connectivity index (χ0) is 6.81. The predicted octanol–water partition coefficient (Wildman–Crippen LogP) is 0.221. The summed E-state index contributed by atoms with van der Waals surface area (Å²) in [4.78, 5) is 8.43. The number of nitrogens with zero attached hydrogens (tertiary/aromatic N) is 2. The molecule has 0 aliphatic carbocycles. The van der Waals surface area contributed by atoms with Gasteiger partial charge in [0.15, 0.2) is 0 Å². The normalized spacial score (nSPS) is 31.2. The zero-order valence-electron chi connectivity index (χ0n) is 5.88. The lowest BCUT2D eigenvalue weighted by molar-refractivity contribution is 0.757. The van der Waals surface area contributed by atoms with Crippen LogP contribution in [0.3, 0.4) is 0 Å². The molecule has 2 rings (SSSR count). The van der Waals surface area contributed by atoms with Crippen molar-refractivity contribution >= 4 is 12.1 Å². The number of hydrogen-bond acceptors (Lipinski definition) is 3. The molecule has 0 aromatic heterocycles. The van der Waals surface area contributed by atoms with Crippen molar-refractivity contribution in [3.63, 3.8) is 0 Å². The van der Waals surface area contributed by atoms with Crippen LogP contribution in [0.2, 0.25) is 0 Å². The molecule has 3 nitrogen and oxygen atoms in total. The third-order valence-electron chi connectivity index (χ3n) is 1.93. The summed E-state index contributed by atoms with van der Waals surface area (Å²) < 4.78 is 0. The topological polar surface area (TPSA) is 36.8 Å². The Morgan fingerprint density at radius 2 is 2.60 bits per heavy atom. The molecule has 2 aliphatic heterocycles. The first-order valence-corrected chi connectivity index (χ1v) is 3.77. The van der Waals surface area contributed by atoms with Gasteiger partial charge in [0.2, 0.25) is 0 Å². The van der Waals surface area contributed by atoms with E-state index in [4.69, 9.17) is 0 Å². The average molecular weight is 137 g/mol. The summed E-state index contributed by atoms with van der Waals surface area (Å²) in [6.45, 7) is 1.91. The van der Waals surface area contributed by atoms with E-state index in [9.17, 15) is 0 Å². The number of hydrogen-bond donors (Lipinski definition) is 1. The molecule has 1 N–H and O–H groups in total. The van der Waals surface area contributed by atoms with Crippen LogP contribution in [0.1, 0.15) is 12.8 Å². The maximum Gasteiger partial charge on any atom is 0.140 e. The van der Waals surface area contributed by atoms with E-state index in [2.05, 4.69) is 15.3 Å². The predicted molar refractivity (Wildman–Crippen MR) is 41.8 cm³/mol. The molecular weight excluding hydrogens is 126 g/mol. The Morgan fingerprint density at radius 3 is 3.20 bits per heavy atom. The van der Waals surface area contributed by atoms with E-state index in [0.29, 0.717) is 6.04 Å². The highest BCUT2D eigenvalue weighted by molar-refractivity contribution is 5.98. The molecule has 0 spiro atoms. The van der Waals surface area contributed by atoms with Gasteiger partial charge < -0.3 is 5.32 Å². The number of aliphatic imine (C=N–C) groups is 2. The van der Waals surface area contributed by atoms with Crippen LogP contribution in [0, 0.1) is 0 Å². The van der Waals surface area contributed by atoms with Crippen LogP contribution in [0.5, 0.6) is 0 Å². The van der Waals surface area contributed by atoms with Gasteiger partial charge in [-0.05, 0) is 19.4 Å².